The molecule has 0 saturated carbocycles. The molecule has 0 saturated heterocycles. The molecule has 0 aliphatic rings. The first kappa shape index (κ1) is 14.0. The molecule has 0 aliphatic carbocycles. The molecule has 1 aromatic rings. The molecule has 0 unspecified atom stereocenters. The van der Waals surface area contributed by atoms with E-state index in [1.807, 2.05) is 0 Å². The van der Waals surface area contributed by atoms with Crippen molar-refractivity contribution in [3.63, 3.8) is 0 Å². The highest BCUT2D eigenvalue weighted by Gasteiger charge is 2.34. The number of ketones is 1. The maximum atomic E-state index is 11.8. The van der Waals surface area contributed by atoms with Crippen LogP contribution in [0.25, 0.3) is 0 Å². The van der Waals surface area contributed by atoms with Crippen molar-refractivity contribution in [2.24, 2.45) is 5.73 Å². The summed E-state index contributed by atoms with van der Waals surface area (Å²) in [6.45, 7) is 2.53. The minimum Gasteiger partial charge on any atom is -0.506 e. The van der Waals surface area contributed by atoms with Gasteiger partial charge in [-0.25, -0.2) is 0 Å². The average Bonchev–Trinajstić information content (AvgIpc) is 2.31. The summed E-state index contributed by atoms with van der Waals surface area (Å²) in [6.07, 6.45) is 0. The second-order valence-corrected chi connectivity index (χ2v) is 4.10. The van der Waals surface area contributed by atoms with Crippen molar-refractivity contribution in [2.75, 3.05) is 12.4 Å². The molecule has 1 rings (SSSR count). The van der Waals surface area contributed by atoms with Crippen LogP contribution in [-0.4, -0.2) is 29.4 Å². The van der Waals surface area contributed by atoms with Gasteiger partial charge in [0.15, 0.2) is 11.3 Å². The maximum Gasteiger partial charge on any atom is 0.251 e. The number of carbonyl (C=O) groups is 2. The van der Waals surface area contributed by atoms with Gasteiger partial charge in [-0.05, 0) is 26.0 Å². The molecule has 18 heavy (non-hydrogen) atoms. The van der Waals surface area contributed by atoms with E-state index in [-0.39, 0.29) is 11.4 Å². The highest BCUT2D eigenvalue weighted by atomic mass is 16.5. The van der Waals surface area contributed by atoms with Gasteiger partial charge in [-0.1, -0.05) is 0 Å². The van der Waals surface area contributed by atoms with Crippen molar-refractivity contribution in [2.45, 2.75) is 19.4 Å². The molecule has 1 atom stereocenters. The van der Waals surface area contributed by atoms with Crippen LogP contribution in [0.2, 0.25) is 0 Å². The van der Waals surface area contributed by atoms with E-state index in [4.69, 9.17) is 10.5 Å². The number of hydrogen-bond donors (Lipinski definition) is 3. The van der Waals surface area contributed by atoms with Crippen LogP contribution >= 0.6 is 0 Å². The van der Waals surface area contributed by atoms with E-state index >= 15 is 0 Å². The van der Waals surface area contributed by atoms with Crippen LogP contribution in [0, 0.1) is 0 Å². The Hall–Kier alpha value is -2.08. The molecule has 0 heterocycles. The fraction of sp³-hybridized carbons (Fsp3) is 0.333. The number of carbonyl (C=O) groups excluding carboxylic acids is 2. The van der Waals surface area contributed by atoms with Gasteiger partial charge in [-0.15, -0.1) is 0 Å². The summed E-state index contributed by atoms with van der Waals surface area (Å²) in [5.41, 5.74) is 4.09. The number of phenolic OH excluding ortho intramolecular Hbond substituents is 1. The Morgan fingerprint density at radius 1 is 1.44 bits per heavy atom. The van der Waals surface area contributed by atoms with Gasteiger partial charge in [0.05, 0.1) is 12.8 Å². The average molecular weight is 252 g/mol. The third kappa shape index (κ3) is 2.78. The fourth-order valence-corrected chi connectivity index (χ4v) is 1.15. The smallest absolute Gasteiger partial charge is 0.251 e. The Bertz CT molecular complexity index is 483. The van der Waals surface area contributed by atoms with Crippen LogP contribution < -0.4 is 15.8 Å². The summed E-state index contributed by atoms with van der Waals surface area (Å²) in [5, 5.41) is 12.0. The quantitative estimate of drug-likeness (QED) is 0.539. The molecule has 1 amide bonds. The Labute approximate surface area is 105 Å². The molecule has 0 spiro atoms. The molecule has 0 aromatic heterocycles. The van der Waals surface area contributed by atoms with E-state index < -0.39 is 17.2 Å². The van der Waals surface area contributed by atoms with E-state index in [2.05, 4.69) is 5.32 Å². The number of amides is 1. The van der Waals surface area contributed by atoms with Crippen LogP contribution in [0.4, 0.5) is 5.69 Å². The standard InChI is InChI=1S/C12H16N2O4/c1-7(15)12(2,13)11(17)14-9-6-8(18-3)4-5-10(9)16/h4-6,16H,13H2,1-3H3,(H,14,17)/t12-/m1/s1. The van der Waals surface area contributed by atoms with Gasteiger partial charge in [-0.3, -0.25) is 9.59 Å². The van der Waals surface area contributed by atoms with Crippen molar-refractivity contribution >= 4 is 17.4 Å². The van der Waals surface area contributed by atoms with Crippen molar-refractivity contribution in [1.82, 2.24) is 0 Å². The molecular formula is C12H16N2O4. The fourth-order valence-electron chi connectivity index (χ4n) is 1.15. The van der Waals surface area contributed by atoms with Crippen molar-refractivity contribution in [3.05, 3.63) is 18.2 Å². The number of nitrogens with one attached hydrogen (secondary N) is 1. The number of ether oxygens (including phenoxy) is 1. The zero-order valence-corrected chi connectivity index (χ0v) is 10.5. The third-order valence-electron chi connectivity index (χ3n) is 2.65. The van der Waals surface area contributed by atoms with E-state index in [0.717, 1.165) is 0 Å². The molecule has 6 nitrogen and oxygen atoms in total. The third-order valence-corrected chi connectivity index (χ3v) is 2.65. The number of methoxy groups -OCH3 is 1. The molecule has 98 valence electrons. The summed E-state index contributed by atoms with van der Waals surface area (Å²) >= 11 is 0. The van der Waals surface area contributed by atoms with Crippen LogP contribution in [0.3, 0.4) is 0 Å². The molecule has 0 aliphatic heterocycles. The SMILES string of the molecule is COc1ccc(O)c(NC(=O)[C@](C)(N)C(C)=O)c1. The van der Waals surface area contributed by atoms with E-state index in [1.54, 1.807) is 0 Å². The molecule has 1 aromatic carbocycles. The Balaban J connectivity index is 2.98. The zero-order valence-electron chi connectivity index (χ0n) is 10.5. The van der Waals surface area contributed by atoms with E-state index in [0.29, 0.717) is 5.75 Å². The number of nitrogens with two attached hydrogens (primary N) is 1. The number of benzene rings is 1. The van der Waals surface area contributed by atoms with Crippen LogP contribution in [0.15, 0.2) is 18.2 Å². The number of phenols is 1. The van der Waals surface area contributed by atoms with Gasteiger partial charge >= 0.3 is 0 Å². The second-order valence-electron chi connectivity index (χ2n) is 4.10. The number of hydrogen-bond acceptors (Lipinski definition) is 5. The molecule has 4 N–H and O–H groups in total. The highest BCUT2D eigenvalue weighted by Crippen LogP contribution is 2.28. The van der Waals surface area contributed by atoms with Crippen molar-refractivity contribution in [3.8, 4) is 11.5 Å². The number of aromatic hydroxyl groups is 1. The summed E-state index contributed by atoms with van der Waals surface area (Å²) < 4.78 is 4.96. The molecule has 0 radical (unpaired) electrons. The van der Waals surface area contributed by atoms with Crippen LogP contribution in [0.1, 0.15) is 13.8 Å². The Morgan fingerprint density at radius 2 is 2.06 bits per heavy atom. The monoisotopic (exact) mass is 252 g/mol. The lowest BCUT2D eigenvalue weighted by Gasteiger charge is -2.20. The van der Waals surface area contributed by atoms with E-state index in [9.17, 15) is 14.7 Å². The maximum absolute atomic E-state index is 11.8. The first-order chi connectivity index (χ1) is 8.28. The first-order valence-corrected chi connectivity index (χ1v) is 5.27. The second kappa shape index (κ2) is 5.05. The lowest BCUT2D eigenvalue weighted by Crippen LogP contribution is -2.53. The summed E-state index contributed by atoms with van der Waals surface area (Å²) in [6, 6.07) is 4.34. The van der Waals surface area contributed by atoms with Crippen LogP contribution in [0.5, 0.6) is 11.5 Å². The molecule has 0 fully saturated rings. The Morgan fingerprint density at radius 3 is 2.56 bits per heavy atom. The Kier molecular flexibility index (Phi) is 3.93. The predicted octanol–water partition coefficient (Wildman–Crippen LogP) is 0.646. The van der Waals surface area contributed by atoms with Crippen LogP contribution in [-0.2, 0) is 9.59 Å². The molecular weight excluding hydrogens is 236 g/mol. The van der Waals surface area contributed by atoms with Gasteiger partial charge in [0.25, 0.3) is 5.91 Å². The number of Topliss-reactive ketones (excluding diaryl/α,β-unsaturated/α-hetero) is 1. The zero-order chi connectivity index (χ0) is 13.9. The summed E-state index contributed by atoms with van der Waals surface area (Å²) in [7, 11) is 1.46. The van der Waals surface area contributed by atoms with E-state index in [1.165, 1.54) is 39.2 Å². The van der Waals surface area contributed by atoms with Gasteiger partial charge in [0, 0.05) is 6.07 Å². The largest absolute Gasteiger partial charge is 0.506 e. The van der Waals surface area contributed by atoms with Crippen molar-refractivity contribution in [1.29, 1.82) is 0 Å². The van der Waals surface area contributed by atoms with Gasteiger partial charge < -0.3 is 20.9 Å². The van der Waals surface area contributed by atoms with Crippen molar-refractivity contribution < 1.29 is 19.4 Å². The molecule has 0 bridgehead atoms. The molecule has 6 heteroatoms. The normalized spacial score (nSPS) is 13.6. The first-order valence-electron chi connectivity index (χ1n) is 5.27. The van der Waals surface area contributed by atoms with Gasteiger partial charge in [0.2, 0.25) is 0 Å². The van der Waals surface area contributed by atoms with Gasteiger partial charge in [0.1, 0.15) is 11.5 Å². The minimum absolute atomic E-state index is 0.136. The highest BCUT2D eigenvalue weighted by molar-refractivity contribution is 6.14. The van der Waals surface area contributed by atoms with Gasteiger partial charge in [-0.2, -0.15) is 0 Å². The summed E-state index contributed by atoms with van der Waals surface area (Å²) in [4.78, 5) is 23.1. The predicted molar refractivity (Wildman–Crippen MR) is 66.6 cm³/mol. The lowest BCUT2D eigenvalue weighted by atomic mass is 9.98. The lowest BCUT2D eigenvalue weighted by molar-refractivity contribution is -0.130. The minimum atomic E-state index is -1.64. The summed E-state index contributed by atoms with van der Waals surface area (Å²) in [5.74, 6) is -0.839. The number of anilines is 1. The number of rotatable bonds is 4. The topological polar surface area (TPSA) is 102 Å².